The van der Waals surface area contributed by atoms with E-state index in [0.717, 1.165) is 17.7 Å². The molecule has 0 heterocycles. The maximum Gasteiger partial charge on any atom is 0.238 e. The Kier molecular flexibility index (Phi) is 6.10. The van der Waals surface area contributed by atoms with E-state index in [9.17, 15) is 8.42 Å². The molecule has 9 heteroatoms. The molecule has 0 atom stereocenters. The standard InChI is InChI=1S/C16H22N6O2S/c17-8-9-21-10-11-4-6-12(7-5-11)13-2-1-3-14(25(20,23)24)15(13)16(18)22-19/h1-7,21H,8-10,17,19H2,(H2,18,22)(H2,20,23,24). The maximum absolute atomic E-state index is 11.9. The Morgan fingerprint density at radius 1 is 1.12 bits per heavy atom. The van der Waals surface area contributed by atoms with Gasteiger partial charge in [0.1, 0.15) is 0 Å². The van der Waals surface area contributed by atoms with Gasteiger partial charge in [-0.15, -0.1) is 0 Å². The Labute approximate surface area is 146 Å². The van der Waals surface area contributed by atoms with Crippen LogP contribution in [0.4, 0.5) is 0 Å². The third-order valence-corrected chi connectivity index (χ3v) is 4.60. The fourth-order valence-corrected chi connectivity index (χ4v) is 3.24. The van der Waals surface area contributed by atoms with Gasteiger partial charge in [-0.3, -0.25) is 0 Å². The van der Waals surface area contributed by atoms with Gasteiger partial charge in [0.05, 0.1) is 4.90 Å². The molecule has 0 aliphatic carbocycles. The van der Waals surface area contributed by atoms with Crippen molar-refractivity contribution in [3.63, 3.8) is 0 Å². The molecule has 0 amide bonds. The Hall–Kier alpha value is -2.46. The molecule has 0 saturated carbocycles. The number of nitrogens with two attached hydrogens (primary N) is 4. The summed E-state index contributed by atoms with van der Waals surface area (Å²) in [6.07, 6.45) is 0. The van der Waals surface area contributed by atoms with Crippen molar-refractivity contribution in [2.24, 2.45) is 27.6 Å². The highest BCUT2D eigenvalue weighted by atomic mass is 32.2. The van der Waals surface area contributed by atoms with E-state index in [1.165, 1.54) is 6.07 Å². The topological polar surface area (TPSA) is 163 Å². The first-order valence-corrected chi connectivity index (χ1v) is 9.12. The highest BCUT2D eigenvalue weighted by Gasteiger charge is 2.20. The van der Waals surface area contributed by atoms with Crippen molar-refractivity contribution in [1.29, 1.82) is 0 Å². The van der Waals surface area contributed by atoms with Gasteiger partial charge in [0.25, 0.3) is 0 Å². The fraction of sp³-hybridized carbons (Fsp3) is 0.188. The zero-order chi connectivity index (χ0) is 18.4. The van der Waals surface area contributed by atoms with Crippen LogP contribution in [0.2, 0.25) is 0 Å². The summed E-state index contributed by atoms with van der Waals surface area (Å²) in [6, 6.07) is 12.3. The molecule has 0 aliphatic heterocycles. The summed E-state index contributed by atoms with van der Waals surface area (Å²) in [5.74, 6) is 5.16. The van der Waals surface area contributed by atoms with Crippen LogP contribution in [0.1, 0.15) is 11.1 Å². The van der Waals surface area contributed by atoms with E-state index in [0.29, 0.717) is 18.7 Å². The van der Waals surface area contributed by atoms with Gasteiger partial charge >= 0.3 is 0 Å². The highest BCUT2D eigenvalue weighted by Crippen LogP contribution is 2.28. The van der Waals surface area contributed by atoms with Crippen LogP contribution >= 0.6 is 0 Å². The SMILES string of the molecule is NCCNCc1ccc(-c2cccc(S(N)(=O)=O)c2/C(N)=N/N)cc1. The summed E-state index contributed by atoms with van der Waals surface area (Å²) in [5.41, 5.74) is 13.9. The minimum atomic E-state index is -3.98. The van der Waals surface area contributed by atoms with Gasteiger partial charge in [-0.2, -0.15) is 5.10 Å². The molecule has 0 aliphatic rings. The first-order valence-electron chi connectivity index (χ1n) is 7.58. The van der Waals surface area contributed by atoms with E-state index in [1.807, 2.05) is 24.3 Å². The lowest BCUT2D eigenvalue weighted by molar-refractivity contribution is 0.597. The van der Waals surface area contributed by atoms with Crippen molar-refractivity contribution in [2.75, 3.05) is 13.1 Å². The van der Waals surface area contributed by atoms with Crippen molar-refractivity contribution < 1.29 is 8.42 Å². The monoisotopic (exact) mass is 362 g/mol. The second-order valence-electron chi connectivity index (χ2n) is 5.40. The minimum Gasteiger partial charge on any atom is -0.382 e. The van der Waals surface area contributed by atoms with Crippen LogP contribution in [-0.2, 0) is 16.6 Å². The van der Waals surface area contributed by atoms with Gasteiger partial charge < -0.3 is 22.6 Å². The lowest BCUT2D eigenvalue weighted by atomic mass is 9.98. The molecule has 25 heavy (non-hydrogen) atoms. The molecule has 8 nitrogen and oxygen atoms in total. The van der Waals surface area contributed by atoms with Crippen LogP contribution < -0.4 is 27.8 Å². The Balaban J connectivity index is 2.49. The second kappa shape index (κ2) is 8.08. The molecule has 134 valence electrons. The van der Waals surface area contributed by atoms with Crippen molar-refractivity contribution in [2.45, 2.75) is 11.4 Å². The molecule has 0 unspecified atom stereocenters. The van der Waals surface area contributed by atoms with E-state index < -0.39 is 10.0 Å². The van der Waals surface area contributed by atoms with Crippen molar-refractivity contribution in [3.05, 3.63) is 53.6 Å². The van der Waals surface area contributed by atoms with Gasteiger partial charge in [0.15, 0.2) is 5.84 Å². The molecular weight excluding hydrogens is 340 g/mol. The van der Waals surface area contributed by atoms with Crippen LogP contribution in [0.15, 0.2) is 52.5 Å². The quantitative estimate of drug-likeness (QED) is 0.148. The van der Waals surface area contributed by atoms with Crippen molar-refractivity contribution in [3.8, 4) is 11.1 Å². The summed E-state index contributed by atoms with van der Waals surface area (Å²) in [4.78, 5) is -0.120. The Morgan fingerprint density at radius 3 is 2.36 bits per heavy atom. The average Bonchev–Trinajstić information content (AvgIpc) is 2.60. The molecule has 2 rings (SSSR count). The normalized spacial score (nSPS) is 12.3. The number of benzene rings is 2. The molecular formula is C16H22N6O2S. The zero-order valence-electron chi connectivity index (χ0n) is 13.6. The lowest BCUT2D eigenvalue weighted by Gasteiger charge is -2.13. The summed E-state index contributed by atoms with van der Waals surface area (Å²) in [7, 11) is -3.98. The molecule has 0 saturated heterocycles. The predicted molar refractivity (Wildman–Crippen MR) is 98.9 cm³/mol. The maximum atomic E-state index is 11.9. The highest BCUT2D eigenvalue weighted by molar-refractivity contribution is 7.89. The molecule has 2 aromatic carbocycles. The molecule has 0 bridgehead atoms. The van der Waals surface area contributed by atoms with Crippen LogP contribution in [0, 0.1) is 0 Å². The van der Waals surface area contributed by atoms with Crippen molar-refractivity contribution in [1.82, 2.24) is 5.32 Å². The molecule has 0 aromatic heterocycles. The number of rotatable bonds is 7. The molecule has 0 spiro atoms. The minimum absolute atomic E-state index is 0.103. The number of hydrogen-bond donors (Lipinski definition) is 5. The Bertz CT molecular complexity index is 863. The first-order chi connectivity index (χ1) is 11.9. The summed E-state index contributed by atoms with van der Waals surface area (Å²) >= 11 is 0. The van der Waals surface area contributed by atoms with Crippen LogP contribution in [0.5, 0.6) is 0 Å². The van der Waals surface area contributed by atoms with Gasteiger partial charge in [0, 0.05) is 25.2 Å². The summed E-state index contributed by atoms with van der Waals surface area (Å²) in [5, 5.41) is 11.9. The number of primary sulfonamides is 1. The van der Waals surface area contributed by atoms with E-state index in [-0.39, 0.29) is 16.3 Å². The number of nitrogens with zero attached hydrogens (tertiary/aromatic N) is 1. The van der Waals surface area contributed by atoms with Gasteiger partial charge in [0.2, 0.25) is 10.0 Å². The smallest absolute Gasteiger partial charge is 0.238 e. The molecule has 0 radical (unpaired) electrons. The van der Waals surface area contributed by atoms with E-state index in [4.69, 9.17) is 22.4 Å². The fourth-order valence-electron chi connectivity index (χ4n) is 2.47. The average molecular weight is 362 g/mol. The van der Waals surface area contributed by atoms with Gasteiger partial charge in [-0.1, -0.05) is 36.4 Å². The van der Waals surface area contributed by atoms with Crippen molar-refractivity contribution >= 4 is 15.9 Å². The Morgan fingerprint density at radius 2 is 1.80 bits per heavy atom. The number of nitrogens with one attached hydrogen (secondary N) is 1. The van der Waals surface area contributed by atoms with E-state index >= 15 is 0 Å². The largest absolute Gasteiger partial charge is 0.382 e. The third kappa shape index (κ3) is 4.54. The molecule has 0 fully saturated rings. The first kappa shape index (κ1) is 18.9. The zero-order valence-corrected chi connectivity index (χ0v) is 14.5. The lowest BCUT2D eigenvalue weighted by Crippen LogP contribution is -2.23. The molecule has 9 N–H and O–H groups in total. The van der Waals surface area contributed by atoms with Crippen LogP contribution in [0.3, 0.4) is 0 Å². The van der Waals surface area contributed by atoms with Crippen LogP contribution in [-0.4, -0.2) is 27.3 Å². The summed E-state index contributed by atoms with van der Waals surface area (Å²) in [6.45, 7) is 1.99. The number of amidine groups is 1. The van der Waals surface area contributed by atoms with Gasteiger partial charge in [-0.05, 0) is 22.8 Å². The van der Waals surface area contributed by atoms with Crippen LogP contribution in [0.25, 0.3) is 11.1 Å². The number of sulfonamides is 1. The summed E-state index contributed by atoms with van der Waals surface area (Å²) < 4.78 is 23.7. The molecule has 2 aromatic rings. The van der Waals surface area contributed by atoms with E-state index in [1.54, 1.807) is 12.1 Å². The predicted octanol–water partition coefficient (Wildman–Crippen LogP) is -0.372. The number of hydrazone groups is 1. The van der Waals surface area contributed by atoms with Gasteiger partial charge in [-0.25, -0.2) is 13.6 Å². The van der Waals surface area contributed by atoms with E-state index in [2.05, 4.69) is 10.4 Å². The number of hydrogen-bond acceptors (Lipinski definition) is 6. The second-order valence-corrected chi connectivity index (χ2v) is 6.93. The third-order valence-electron chi connectivity index (χ3n) is 3.64.